The summed E-state index contributed by atoms with van der Waals surface area (Å²) in [4.78, 5) is 25.5. The molecule has 0 spiro atoms. The Morgan fingerprint density at radius 3 is 1.16 bits per heavy atom. The van der Waals surface area contributed by atoms with E-state index in [1.165, 1.54) is 238 Å². The smallest absolute Gasteiger partial charge is 0.268 e. The minimum Gasteiger partial charge on any atom is -0.756 e. The van der Waals surface area contributed by atoms with Gasteiger partial charge in [-0.25, -0.2) is 0 Å². The number of nitrogens with zero attached hydrogens (tertiary/aromatic N) is 1. The van der Waals surface area contributed by atoms with Crippen molar-refractivity contribution >= 4 is 13.7 Å². The molecule has 0 radical (unpaired) electrons. The maximum Gasteiger partial charge on any atom is 0.268 e. The molecule has 0 aliphatic heterocycles. The summed E-state index contributed by atoms with van der Waals surface area (Å²) >= 11 is 0. The standard InChI is InChI=1S/C61H119N2O6P/c1-6-8-10-12-14-16-18-20-22-24-26-28-30-31-33-34-36-38-40-42-44-46-48-50-52-54-60(64)59(58-69-70(66,67)68-57-56-63(3,4)5)62-61(65)55-53-51-49-47-45-43-41-39-37-35-32-29-27-25-23-21-19-17-15-13-11-9-7-2/h35,37,44,46,52,54,59-60,64H,6-34,36,38-43,45,47-51,53,55-58H2,1-5H3,(H-,62,65,66,67)/b37-35-,46-44+,54-52+. The third-order valence-corrected chi connectivity index (χ3v) is 14.8. The first-order valence-electron chi connectivity index (χ1n) is 30.4. The van der Waals surface area contributed by atoms with Crippen LogP contribution in [0.1, 0.15) is 296 Å². The average molecular weight is 1010 g/mol. The van der Waals surface area contributed by atoms with Gasteiger partial charge in [0.15, 0.2) is 0 Å². The molecule has 0 aromatic carbocycles. The van der Waals surface area contributed by atoms with Crippen molar-refractivity contribution in [1.29, 1.82) is 0 Å². The van der Waals surface area contributed by atoms with Crippen molar-refractivity contribution < 1.29 is 32.9 Å². The van der Waals surface area contributed by atoms with Crippen LogP contribution >= 0.6 is 7.82 Å². The molecule has 0 aromatic heterocycles. The second-order valence-corrected chi connectivity index (χ2v) is 23.5. The zero-order chi connectivity index (χ0) is 51.3. The molecule has 3 unspecified atom stereocenters. The number of unbranched alkanes of at least 4 members (excludes halogenated alkanes) is 39. The topological polar surface area (TPSA) is 108 Å². The molecular weight excluding hydrogens is 888 g/mol. The van der Waals surface area contributed by atoms with Gasteiger partial charge in [0, 0.05) is 6.42 Å². The summed E-state index contributed by atoms with van der Waals surface area (Å²) in [5.41, 5.74) is 0. The number of allylic oxidation sites excluding steroid dienone is 5. The van der Waals surface area contributed by atoms with E-state index >= 15 is 0 Å². The minimum absolute atomic E-state index is 0.00652. The van der Waals surface area contributed by atoms with Gasteiger partial charge in [-0.15, -0.1) is 0 Å². The number of phosphoric ester groups is 1. The molecule has 0 heterocycles. The molecule has 0 aromatic rings. The molecule has 2 N–H and O–H groups in total. The third kappa shape index (κ3) is 54.5. The Labute approximate surface area is 436 Å². The number of amides is 1. The summed E-state index contributed by atoms with van der Waals surface area (Å²) in [6.07, 6.45) is 68.1. The van der Waals surface area contributed by atoms with Gasteiger partial charge in [-0.2, -0.15) is 0 Å². The van der Waals surface area contributed by atoms with E-state index in [0.29, 0.717) is 17.4 Å². The van der Waals surface area contributed by atoms with E-state index < -0.39 is 26.6 Å². The Morgan fingerprint density at radius 1 is 0.486 bits per heavy atom. The van der Waals surface area contributed by atoms with E-state index in [-0.39, 0.29) is 12.5 Å². The van der Waals surface area contributed by atoms with E-state index in [9.17, 15) is 19.4 Å². The van der Waals surface area contributed by atoms with Crippen LogP contribution < -0.4 is 10.2 Å². The fraction of sp³-hybridized carbons (Fsp3) is 0.885. The first-order chi connectivity index (χ1) is 34.0. The van der Waals surface area contributed by atoms with E-state index in [1.54, 1.807) is 6.08 Å². The quantitative estimate of drug-likeness (QED) is 0.0272. The van der Waals surface area contributed by atoms with Crippen molar-refractivity contribution in [3.63, 3.8) is 0 Å². The van der Waals surface area contributed by atoms with Crippen LogP contribution in [-0.2, 0) is 18.4 Å². The van der Waals surface area contributed by atoms with Gasteiger partial charge in [0.2, 0.25) is 5.91 Å². The van der Waals surface area contributed by atoms with Gasteiger partial charge < -0.3 is 28.8 Å². The van der Waals surface area contributed by atoms with Crippen molar-refractivity contribution in [3.8, 4) is 0 Å². The summed E-state index contributed by atoms with van der Waals surface area (Å²) in [5, 5.41) is 13.9. The number of phosphoric acid groups is 1. The highest BCUT2D eigenvalue weighted by molar-refractivity contribution is 7.45. The number of carbonyl (C=O) groups is 1. The van der Waals surface area contributed by atoms with Crippen molar-refractivity contribution in [2.75, 3.05) is 40.9 Å². The Hall–Kier alpha value is -1.28. The molecule has 70 heavy (non-hydrogen) atoms. The summed E-state index contributed by atoms with van der Waals surface area (Å²) in [5.74, 6) is -0.208. The molecule has 3 atom stereocenters. The van der Waals surface area contributed by atoms with Crippen LogP contribution in [0.3, 0.4) is 0 Å². The predicted octanol–water partition coefficient (Wildman–Crippen LogP) is 17.9. The van der Waals surface area contributed by atoms with Crippen molar-refractivity contribution in [3.05, 3.63) is 36.5 Å². The number of aliphatic hydroxyl groups is 1. The lowest BCUT2D eigenvalue weighted by atomic mass is 10.0. The van der Waals surface area contributed by atoms with Gasteiger partial charge in [-0.05, 0) is 57.8 Å². The average Bonchev–Trinajstić information content (AvgIpc) is 3.32. The van der Waals surface area contributed by atoms with Crippen LogP contribution in [-0.4, -0.2) is 68.5 Å². The van der Waals surface area contributed by atoms with Crippen LogP contribution in [0.25, 0.3) is 0 Å². The Balaban J connectivity index is 4.22. The van der Waals surface area contributed by atoms with E-state index in [0.717, 1.165) is 38.5 Å². The highest BCUT2D eigenvalue weighted by atomic mass is 31.2. The molecular formula is C61H119N2O6P. The fourth-order valence-electron chi connectivity index (χ4n) is 9.05. The van der Waals surface area contributed by atoms with Crippen LogP contribution in [0.2, 0.25) is 0 Å². The number of rotatable bonds is 56. The van der Waals surface area contributed by atoms with Gasteiger partial charge in [-0.1, -0.05) is 269 Å². The molecule has 9 heteroatoms. The number of likely N-dealkylation sites (N-methyl/N-ethyl adjacent to an activating group) is 1. The van der Waals surface area contributed by atoms with Crippen molar-refractivity contribution in [2.24, 2.45) is 0 Å². The molecule has 0 aliphatic carbocycles. The first kappa shape index (κ1) is 68.7. The molecule has 0 saturated heterocycles. The molecule has 0 fully saturated rings. The van der Waals surface area contributed by atoms with Crippen LogP contribution in [0.5, 0.6) is 0 Å². The van der Waals surface area contributed by atoms with Crippen LogP contribution in [0.15, 0.2) is 36.5 Å². The largest absolute Gasteiger partial charge is 0.756 e. The van der Waals surface area contributed by atoms with E-state index in [2.05, 4.69) is 43.5 Å². The zero-order valence-corrected chi connectivity index (χ0v) is 48.1. The molecule has 8 nitrogen and oxygen atoms in total. The number of nitrogens with one attached hydrogen (secondary N) is 1. The Kier molecular flexibility index (Phi) is 51.6. The van der Waals surface area contributed by atoms with Gasteiger partial charge >= 0.3 is 0 Å². The number of quaternary nitrogens is 1. The van der Waals surface area contributed by atoms with Gasteiger partial charge in [0.1, 0.15) is 13.2 Å². The Morgan fingerprint density at radius 2 is 0.800 bits per heavy atom. The highest BCUT2D eigenvalue weighted by Crippen LogP contribution is 2.38. The van der Waals surface area contributed by atoms with E-state index in [1.807, 2.05) is 27.2 Å². The highest BCUT2D eigenvalue weighted by Gasteiger charge is 2.23. The summed E-state index contributed by atoms with van der Waals surface area (Å²) in [6, 6.07) is -0.906. The summed E-state index contributed by atoms with van der Waals surface area (Å²) < 4.78 is 23.4. The molecule has 1 amide bonds. The molecule has 0 rings (SSSR count). The van der Waals surface area contributed by atoms with Crippen LogP contribution in [0, 0.1) is 0 Å². The maximum absolute atomic E-state index is 13.0. The van der Waals surface area contributed by atoms with Gasteiger partial charge in [-0.3, -0.25) is 9.36 Å². The first-order valence-corrected chi connectivity index (χ1v) is 31.8. The van der Waals surface area contributed by atoms with E-state index in [4.69, 9.17) is 9.05 Å². The second-order valence-electron chi connectivity index (χ2n) is 22.0. The maximum atomic E-state index is 13.0. The van der Waals surface area contributed by atoms with Crippen molar-refractivity contribution in [1.82, 2.24) is 5.32 Å². The molecule has 0 bridgehead atoms. The lowest BCUT2D eigenvalue weighted by Gasteiger charge is -2.29. The zero-order valence-electron chi connectivity index (χ0n) is 47.2. The normalized spacial score (nSPS) is 14.1. The minimum atomic E-state index is -4.61. The lowest BCUT2D eigenvalue weighted by molar-refractivity contribution is -0.870. The number of hydrogen-bond acceptors (Lipinski definition) is 6. The second kappa shape index (κ2) is 52.6. The summed E-state index contributed by atoms with van der Waals surface area (Å²) in [7, 11) is 1.25. The number of aliphatic hydroxyl groups excluding tert-OH is 1. The molecule has 0 aliphatic rings. The number of hydrogen-bond donors (Lipinski definition) is 2. The monoisotopic (exact) mass is 1010 g/mol. The fourth-order valence-corrected chi connectivity index (χ4v) is 9.77. The third-order valence-electron chi connectivity index (χ3n) is 13.8. The molecule has 0 saturated carbocycles. The van der Waals surface area contributed by atoms with Crippen molar-refractivity contribution in [2.45, 2.75) is 309 Å². The SMILES string of the molecule is CCCCCCCCCCCCCC/C=C\CCCCCCCCCC(=O)NC(COP(=O)([O-])OCC[N+](C)(C)C)C(O)/C=C/CC/C=C/CCCCCCCCCCCCCCCCCCCCC. The Bertz CT molecular complexity index is 1230. The predicted molar refractivity (Wildman–Crippen MR) is 302 cm³/mol. The molecule has 414 valence electrons. The van der Waals surface area contributed by atoms with Gasteiger partial charge in [0.25, 0.3) is 7.82 Å². The number of carbonyl (C=O) groups excluding carboxylic acids is 1. The lowest BCUT2D eigenvalue weighted by Crippen LogP contribution is -2.45. The van der Waals surface area contributed by atoms with Crippen LogP contribution in [0.4, 0.5) is 0 Å². The summed E-state index contributed by atoms with van der Waals surface area (Å²) in [6.45, 7) is 4.67. The van der Waals surface area contributed by atoms with Gasteiger partial charge in [0.05, 0.1) is 39.9 Å².